The molecule has 8 rings (SSSR count). The predicted octanol–water partition coefficient (Wildman–Crippen LogP) is 5.39. The highest BCUT2D eigenvalue weighted by Gasteiger charge is 2.44. The number of aryl methyl sites for hydroxylation is 1. The number of amides is 5. The number of hydrogen-bond acceptors (Lipinski definition) is 17. The Kier molecular flexibility index (Phi) is 25.6. The number of likely N-dealkylation sites (tertiary alicyclic amines) is 1. The summed E-state index contributed by atoms with van der Waals surface area (Å²) in [5, 5.41) is 22.1. The lowest BCUT2D eigenvalue weighted by Gasteiger charge is -2.35. The normalized spacial score (nSPS) is 17.2. The SMILES string of the molecule is Cc1ncsc1-c1ccc(CNC(=O)[C@@H]2C[C@@H](O)CN2C(=O)[C@@H](NC(=O)CCOCCOCCOCCOCCC(=O)NCCN2CCN(Cc3cccc(-c4ccc(N5CCN(C)CC5)c(NC(=O)c5c[nH]c(=O)cc5C(F)(F)F)c4)c3)CC2)C(C)(C)C)cc1. The van der Waals surface area contributed by atoms with Crippen LogP contribution in [-0.4, -0.2) is 214 Å². The molecule has 0 aliphatic carbocycles. The Morgan fingerprint density at radius 1 is 0.747 bits per heavy atom. The number of aliphatic hydroxyl groups is 1. The van der Waals surface area contributed by atoms with Crippen molar-refractivity contribution in [3.8, 4) is 21.6 Å². The summed E-state index contributed by atoms with van der Waals surface area (Å²) in [7, 11) is 2.02. The van der Waals surface area contributed by atoms with Crippen molar-refractivity contribution in [2.75, 3.05) is 142 Å². The number of anilines is 2. The van der Waals surface area contributed by atoms with Crippen LogP contribution >= 0.6 is 11.3 Å². The van der Waals surface area contributed by atoms with Crippen molar-refractivity contribution in [3.63, 3.8) is 0 Å². The molecule has 3 aromatic carbocycles. The van der Waals surface area contributed by atoms with E-state index in [0.717, 1.165) is 83.9 Å². The standard InChI is InChI=1S/C65H86F3N11O11S/c1-44-59(91-43-72-44)47-11-9-45(10-12-47)39-71-62(85)55-37-50(80)42-79(55)63(86)60(64(2,3)4)74-57(82)16-28-88-30-32-90-34-33-89-31-29-87-27-15-56(81)69-17-18-76-21-23-77(24-22-76)41-46-7-6-8-48(35-46)49-13-14-54(78-25-19-75(5)20-26-78)53(36-49)73-61(84)51-40-70-58(83)38-52(51)65(66,67)68/h6-14,35-36,38,40,43,50,55,60,80H,15-34,37,39,41-42H2,1-5H3,(H,69,81)(H,70,83)(H,71,85)(H,73,84)(H,74,82)/t50-,55+,60-/m1/s1. The summed E-state index contributed by atoms with van der Waals surface area (Å²) in [5.41, 5.74) is 4.84. The van der Waals surface area contributed by atoms with Crippen molar-refractivity contribution in [3.05, 3.63) is 123 Å². The molecular weight excluding hydrogens is 1200 g/mol. The summed E-state index contributed by atoms with van der Waals surface area (Å²) < 4.78 is 64.2. The predicted molar refractivity (Wildman–Crippen MR) is 340 cm³/mol. The number of ether oxygens (including phenoxy) is 4. The fourth-order valence-electron chi connectivity index (χ4n) is 11.0. The highest BCUT2D eigenvalue weighted by Crippen LogP contribution is 2.36. The number of piperazine rings is 2. The van der Waals surface area contributed by atoms with E-state index < -0.39 is 58.3 Å². The minimum absolute atomic E-state index is 0.00157. The molecule has 5 amide bonds. The second-order valence-corrected chi connectivity index (χ2v) is 25.0. The van der Waals surface area contributed by atoms with E-state index in [1.54, 1.807) is 22.9 Å². The number of alkyl halides is 3. The summed E-state index contributed by atoms with van der Waals surface area (Å²) in [6.45, 7) is 18.0. The summed E-state index contributed by atoms with van der Waals surface area (Å²) in [6, 6.07) is 20.1. The third kappa shape index (κ3) is 20.9. The zero-order chi connectivity index (χ0) is 65.1. The molecule has 0 bridgehead atoms. The molecule has 0 radical (unpaired) electrons. The van der Waals surface area contributed by atoms with Crippen LogP contribution in [0.25, 0.3) is 21.6 Å². The number of carbonyl (C=O) groups excluding carboxylic acids is 5. The fraction of sp³-hybridized carbons (Fsp3) is 0.523. The fourth-order valence-corrected chi connectivity index (χ4v) is 11.9. The maximum absolute atomic E-state index is 14.0. The smallest absolute Gasteiger partial charge is 0.391 e. The van der Waals surface area contributed by atoms with E-state index in [4.69, 9.17) is 18.9 Å². The highest BCUT2D eigenvalue weighted by atomic mass is 32.1. The number of thiazole rings is 1. The van der Waals surface area contributed by atoms with Gasteiger partial charge in [-0.1, -0.05) is 69.3 Å². The Morgan fingerprint density at radius 2 is 1.37 bits per heavy atom. The van der Waals surface area contributed by atoms with Gasteiger partial charge in [0.25, 0.3) is 5.91 Å². The Labute approximate surface area is 533 Å². The van der Waals surface area contributed by atoms with Crippen LogP contribution in [0, 0.1) is 12.3 Å². The second-order valence-electron chi connectivity index (χ2n) is 24.2. The molecule has 3 aliphatic rings. The highest BCUT2D eigenvalue weighted by molar-refractivity contribution is 7.13. The topological polar surface area (TPSA) is 253 Å². The molecule has 0 saturated carbocycles. The molecule has 2 aromatic heterocycles. The van der Waals surface area contributed by atoms with Crippen LogP contribution in [0.2, 0.25) is 0 Å². The van der Waals surface area contributed by atoms with Gasteiger partial charge in [0.1, 0.15) is 12.1 Å². The van der Waals surface area contributed by atoms with Crippen LogP contribution < -0.4 is 31.7 Å². The molecule has 0 unspecified atom stereocenters. The van der Waals surface area contributed by atoms with Gasteiger partial charge in [0.2, 0.25) is 29.2 Å². The quantitative estimate of drug-likeness (QED) is 0.0316. The lowest BCUT2D eigenvalue weighted by molar-refractivity contribution is -0.144. The van der Waals surface area contributed by atoms with Crippen molar-refractivity contribution in [1.29, 1.82) is 0 Å². The number of rotatable bonds is 30. The number of pyridine rings is 1. The van der Waals surface area contributed by atoms with Gasteiger partial charge in [0, 0.05) is 117 Å². The van der Waals surface area contributed by atoms with Gasteiger partial charge in [-0.2, -0.15) is 13.2 Å². The number of β-amino-alcohol motifs (C(OH)–C–C–N with tert-alkyl or cyclic N) is 1. The summed E-state index contributed by atoms with van der Waals surface area (Å²) >= 11 is 1.56. The Hall–Kier alpha value is -7.14. The number of hydrogen-bond donors (Lipinski definition) is 6. The average molecular weight is 1290 g/mol. The van der Waals surface area contributed by atoms with Crippen LogP contribution in [0.15, 0.2) is 89.3 Å². The molecule has 3 atom stereocenters. The van der Waals surface area contributed by atoms with E-state index >= 15 is 0 Å². The van der Waals surface area contributed by atoms with Crippen molar-refractivity contribution >= 4 is 52.2 Å². The summed E-state index contributed by atoms with van der Waals surface area (Å²) in [5.74, 6) is -2.28. The van der Waals surface area contributed by atoms with Crippen LogP contribution in [0.4, 0.5) is 24.5 Å². The number of carbonyl (C=O) groups is 5. The largest absolute Gasteiger partial charge is 0.417 e. The van der Waals surface area contributed by atoms with Gasteiger partial charge < -0.3 is 65.0 Å². The zero-order valence-electron chi connectivity index (χ0n) is 52.5. The van der Waals surface area contributed by atoms with Crippen molar-refractivity contribution < 1.29 is 61.2 Å². The number of halogens is 3. The summed E-state index contributed by atoms with van der Waals surface area (Å²) in [6.07, 6.45) is -4.68. The molecule has 3 saturated heterocycles. The van der Waals surface area contributed by atoms with Crippen LogP contribution in [-0.2, 0) is 57.4 Å². The third-order valence-electron chi connectivity index (χ3n) is 16.2. The minimum atomic E-state index is -4.91. The first-order chi connectivity index (χ1) is 43.6. The number of H-pyrrole nitrogens is 1. The molecular formula is C65H86F3N11O11S. The lowest BCUT2D eigenvalue weighted by atomic mass is 9.85. The lowest BCUT2D eigenvalue weighted by Crippen LogP contribution is -2.57. The zero-order valence-corrected chi connectivity index (χ0v) is 53.4. The van der Waals surface area contributed by atoms with Gasteiger partial charge in [-0.25, -0.2) is 4.98 Å². The molecule has 26 heteroatoms. The van der Waals surface area contributed by atoms with E-state index in [9.17, 15) is 47.0 Å². The number of likely N-dealkylation sites (N-methyl/N-ethyl adjacent to an activating group) is 1. The van der Waals surface area contributed by atoms with Crippen molar-refractivity contribution in [2.45, 2.75) is 84.4 Å². The van der Waals surface area contributed by atoms with Gasteiger partial charge in [-0.05, 0) is 65.4 Å². The molecule has 494 valence electrons. The van der Waals surface area contributed by atoms with E-state index in [0.29, 0.717) is 76.6 Å². The second kappa shape index (κ2) is 33.4. The van der Waals surface area contributed by atoms with Gasteiger partial charge in [-0.15, -0.1) is 11.3 Å². The maximum Gasteiger partial charge on any atom is 0.417 e. The van der Waals surface area contributed by atoms with Crippen LogP contribution in [0.5, 0.6) is 0 Å². The van der Waals surface area contributed by atoms with Gasteiger partial charge in [0.05, 0.1) is 97.5 Å². The van der Waals surface area contributed by atoms with E-state index in [1.165, 1.54) is 4.90 Å². The number of benzene rings is 3. The molecule has 5 heterocycles. The molecule has 3 fully saturated rings. The third-order valence-corrected chi connectivity index (χ3v) is 17.2. The number of nitrogens with one attached hydrogen (secondary N) is 5. The van der Waals surface area contributed by atoms with Gasteiger partial charge >= 0.3 is 6.18 Å². The van der Waals surface area contributed by atoms with Crippen LogP contribution in [0.1, 0.15) is 72.8 Å². The molecule has 0 spiro atoms. The van der Waals surface area contributed by atoms with Crippen LogP contribution in [0.3, 0.4) is 0 Å². The van der Waals surface area contributed by atoms with E-state index in [-0.39, 0.29) is 76.5 Å². The van der Waals surface area contributed by atoms with Crippen molar-refractivity contribution in [2.24, 2.45) is 5.41 Å². The minimum Gasteiger partial charge on any atom is -0.391 e. The van der Waals surface area contributed by atoms with E-state index in [1.807, 2.05) is 83.3 Å². The average Bonchev–Trinajstić information content (AvgIpc) is 1.97. The molecule has 22 nitrogen and oxygen atoms in total. The first-order valence-electron chi connectivity index (χ1n) is 30.9. The number of aliphatic hydroxyl groups excluding tert-OH is 1. The molecule has 6 N–H and O–H groups in total. The Morgan fingerprint density at radius 3 is 2.01 bits per heavy atom. The van der Waals surface area contributed by atoms with Gasteiger partial charge in [-0.3, -0.25) is 38.6 Å². The Bertz CT molecular complexity index is 3270. The number of aromatic nitrogens is 2. The molecule has 3 aliphatic heterocycles. The monoisotopic (exact) mass is 1290 g/mol. The first kappa shape index (κ1) is 69.7. The van der Waals surface area contributed by atoms with E-state index in [2.05, 4.69) is 63.0 Å². The van der Waals surface area contributed by atoms with Gasteiger partial charge in [0.15, 0.2) is 0 Å². The molecule has 91 heavy (non-hydrogen) atoms. The number of aromatic amines is 1. The molecule has 5 aromatic rings. The first-order valence-corrected chi connectivity index (χ1v) is 31.8. The Balaban J connectivity index is 0.643. The number of nitrogens with zero attached hydrogens (tertiary/aromatic N) is 6. The summed E-state index contributed by atoms with van der Waals surface area (Å²) in [4.78, 5) is 96.3. The maximum atomic E-state index is 14.0. The van der Waals surface area contributed by atoms with Crippen molar-refractivity contribution in [1.82, 2.24) is 45.5 Å².